The van der Waals surface area contributed by atoms with Gasteiger partial charge in [0.1, 0.15) is 17.7 Å². The van der Waals surface area contributed by atoms with Gasteiger partial charge in [0.15, 0.2) is 0 Å². The SMILES string of the molecule is Cc1ncsc1-c1ccc([C@H](C)NC(=O)[C@@H]2C[C@@H](O)CN2C(=O)[C@@H](NC(=O)c2ccc3c(c2)CN(C(=O)OC(C)(C)C)CC3)C(C)(C)C)cc1. The average Bonchev–Trinajstić information content (AvgIpc) is 3.66. The molecular formula is C38H49N5O6S. The van der Waals surface area contributed by atoms with Crippen LogP contribution in [-0.2, 0) is 27.3 Å². The molecule has 12 heteroatoms. The van der Waals surface area contributed by atoms with Gasteiger partial charge < -0.3 is 30.3 Å². The van der Waals surface area contributed by atoms with E-state index in [4.69, 9.17) is 4.74 Å². The van der Waals surface area contributed by atoms with Crippen LogP contribution in [0.15, 0.2) is 48.0 Å². The fourth-order valence-corrected chi connectivity index (χ4v) is 7.22. The van der Waals surface area contributed by atoms with Gasteiger partial charge >= 0.3 is 6.09 Å². The van der Waals surface area contributed by atoms with Crippen LogP contribution in [0.25, 0.3) is 10.4 Å². The lowest BCUT2D eigenvalue weighted by Gasteiger charge is -2.35. The van der Waals surface area contributed by atoms with Crippen LogP contribution in [0.3, 0.4) is 0 Å². The van der Waals surface area contributed by atoms with E-state index in [0.29, 0.717) is 25.1 Å². The number of likely N-dealkylation sites (tertiary alicyclic amines) is 1. The fourth-order valence-electron chi connectivity index (χ4n) is 6.41. The number of ether oxygens (including phenoxy) is 1. The number of aliphatic hydroxyl groups is 1. The van der Waals surface area contributed by atoms with Gasteiger partial charge in [-0.05, 0) is 80.8 Å². The Morgan fingerprint density at radius 1 is 1.00 bits per heavy atom. The molecule has 0 spiro atoms. The van der Waals surface area contributed by atoms with E-state index in [2.05, 4.69) is 15.6 Å². The maximum absolute atomic E-state index is 14.2. The molecule has 0 bridgehead atoms. The number of hydrogen-bond donors (Lipinski definition) is 3. The van der Waals surface area contributed by atoms with Crippen molar-refractivity contribution in [1.29, 1.82) is 0 Å². The van der Waals surface area contributed by atoms with Gasteiger partial charge in [-0.1, -0.05) is 51.1 Å². The summed E-state index contributed by atoms with van der Waals surface area (Å²) in [5, 5.41) is 16.6. The zero-order chi connectivity index (χ0) is 36.5. The van der Waals surface area contributed by atoms with Crippen molar-refractivity contribution in [3.05, 3.63) is 75.9 Å². The van der Waals surface area contributed by atoms with Crippen LogP contribution in [0.2, 0.25) is 0 Å². The van der Waals surface area contributed by atoms with Gasteiger partial charge in [0, 0.05) is 31.6 Å². The van der Waals surface area contributed by atoms with Crippen molar-refractivity contribution in [2.24, 2.45) is 5.41 Å². The van der Waals surface area contributed by atoms with E-state index in [9.17, 15) is 24.3 Å². The molecule has 2 aliphatic heterocycles. The molecule has 0 radical (unpaired) electrons. The van der Waals surface area contributed by atoms with Crippen molar-refractivity contribution >= 4 is 35.2 Å². The summed E-state index contributed by atoms with van der Waals surface area (Å²) in [6.07, 6.45) is -0.553. The highest BCUT2D eigenvalue weighted by molar-refractivity contribution is 7.13. The first-order valence-electron chi connectivity index (χ1n) is 17.1. The largest absolute Gasteiger partial charge is 0.444 e. The summed E-state index contributed by atoms with van der Waals surface area (Å²) in [7, 11) is 0. The average molecular weight is 704 g/mol. The first kappa shape index (κ1) is 37.0. The van der Waals surface area contributed by atoms with Crippen molar-refractivity contribution in [3.63, 3.8) is 0 Å². The molecule has 3 aromatic rings. The van der Waals surface area contributed by atoms with E-state index in [1.54, 1.807) is 28.4 Å². The summed E-state index contributed by atoms with van der Waals surface area (Å²) in [6.45, 7) is 15.7. The van der Waals surface area contributed by atoms with Gasteiger partial charge in [-0.2, -0.15) is 0 Å². The number of nitrogens with one attached hydrogen (secondary N) is 2. The fraction of sp³-hybridized carbons (Fsp3) is 0.500. The quantitative estimate of drug-likeness (QED) is 0.300. The number of nitrogens with zero attached hydrogens (tertiary/aromatic N) is 3. The summed E-state index contributed by atoms with van der Waals surface area (Å²) in [6, 6.07) is 11.1. The van der Waals surface area contributed by atoms with Crippen LogP contribution >= 0.6 is 11.3 Å². The van der Waals surface area contributed by atoms with Gasteiger partial charge in [-0.25, -0.2) is 9.78 Å². The molecule has 5 rings (SSSR count). The molecule has 50 heavy (non-hydrogen) atoms. The Labute approximate surface area is 298 Å². The number of thiazole rings is 1. The normalized spacial score (nSPS) is 19.0. The summed E-state index contributed by atoms with van der Waals surface area (Å²) in [4.78, 5) is 62.7. The van der Waals surface area contributed by atoms with E-state index >= 15 is 0 Å². The molecule has 2 aliphatic rings. The Bertz CT molecular complexity index is 1740. The van der Waals surface area contributed by atoms with Crippen LogP contribution in [0.5, 0.6) is 0 Å². The Kier molecular flexibility index (Phi) is 10.7. The number of β-amino-alcohol motifs (C(OH)–C–C–N with tert-alkyl or cyclic N) is 1. The molecule has 11 nitrogen and oxygen atoms in total. The van der Waals surface area contributed by atoms with Crippen molar-refractivity contribution < 1.29 is 29.0 Å². The molecule has 0 aliphatic carbocycles. The third-order valence-corrected chi connectivity index (χ3v) is 10.1. The first-order valence-corrected chi connectivity index (χ1v) is 18.0. The van der Waals surface area contributed by atoms with Gasteiger partial charge in [0.25, 0.3) is 5.91 Å². The van der Waals surface area contributed by atoms with Crippen LogP contribution in [0, 0.1) is 12.3 Å². The van der Waals surface area contributed by atoms with Crippen molar-refractivity contribution in [3.8, 4) is 10.4 Å². The van der Waals surface area contributed by atoms with Crippen LogP contribution in [-0.4, -0.2) is 80.6 Å². The van der Waals surface area contributed by atoms with E-state index in [1.807, 2.05) is 91.2 Å². The molecule has 1 saturated heterocycles. The Morgan fingerprint density at radius 2 is 1.70 bits per heavy atom. The molecular weight excluding hydrogens is 655 g/mol. The van der Waals surface area contributed by atoms with Gasteiger partial charge in [0.2, 0.25) is 11.8 Å². The Morgan fingerprint density at radius 3 is 2.32 bits per heavy atom. The van der Waals surface area contributed by atoms with E-state index in [-0.39, 0.29) is 24.9 Å². The Balaban J connectivity index is 1.27. The molecule has 3 N–H and O–H groups in total. The van der Waals surface area contributed by atoms with Crippen molar-refractivity contribution in [2.75, 3.05) is 13.1 Å². The number of hydrogen-bond acceptors (Lipinski definition) is 8. The number of rotatable bonds is 7. The summed E-state index contributed by atoms with van der Waals surface area (Å²) in [5.41, 5.74) is 5.65. The Hall–Kier alpha value is -4.29. The topological polar surface area (TPSA) is 141 Å². The molecule has 4 amide bonds. The number of carbonyl (C=O) groups is 4. The standard InChI is InChI=1S/C38H49N5O6S/c1-22(24-9-12-26(13-10-24)31-23(2)39-21-50-31)40-34(46)30-18-29(44)20-43(30)35(47)32(37(3,4)5)41-33(45)27-14-11-25-15-16-42(19-28(25)17-27)36(48)49-38(6,7)8/h9-14,17,21-22,29-30,32,44H,15-16,18-20H2,1-8H3,(H,40,46)(H,41,45)/t22-,29+,30-,32+/m0/s1. The van der Waals surface area contributed by atoms with Crippen LogP contribution in [0.4, 0.5) is 4.79 Å². The first-order chi connectivity index (χ1) is 23.4. The zero-order valence-electron chi connectivity index (χ0n) is 30.2. The van der Waals surface area contributed by atoms with Gasteiger partial charge in [-0.15, -0.1) is 11.3 Å². The summed E-state index contributed by atoms with van der Waals surface area (Å²) in [5.74, 6) is -1.25. The molecule has 1 fully saturated rings. The number of aliphatic hydroxyl groups excluding tert-OH is 1. The second kappa shape index (κ2) is 14.5. The number of aryl methyl sites for hydroxylation is 1. The molecule has 4 atom stereocenters. The highest BCUT2D eigenvalue weighted by Crippen LogP contribution is 2.30. The molecule has 0 unspecified atom stereocenters. The molecule has 2 aromatic carbocycles. The second-order valence-electron chi connectivity index (χ2n) is 15.4. The number of benzene rings is 2. The van der Waals surface area contributed by atoms with E-state index in [1.165, 1.54) is 4.90 Å². The highest BCUT2D eigenvalue weighted by Gasteiger charge is 2.45. The minimum atomic E-state index is -0.981. The predicted octanol–water partition coefficient (Wildman–Crippen LogP) is 5.40. The van der Waals surface area contributed by atoms with Crippen LogP contribution < -0.4 is 10.6 Å². The summed E-state index contributed by atoms with van der Waals surface area (Å²) < 4.78 is 5.55. The molecule has 1 aromatic heterocycles. The van der Waals surface area contributed by atoms with Gasteiger partial charge in [0.05, 0.1) is 28.2 Å². The lowest BCUT2D eigenvalue weighted by Crippen LogP contribution is -2.57. The predicted molar refractivity (Wildman–Crippen MR) is 192 cm³/mol. The van der Waals surface area contributed by atoms with Crippen molar-refractivity contribution in [2.45, 2.75) is 105 Å². The highest BCUT2D eigenvalue weighted by atomic mass is 32.1. The number of amides is 4. The third-order valence-electron chi connectivity index (χ3n) is 9.16. The summed E-state index contributed by atoms with van der Waals surface area (Å²) >= 11 is 1.58. The number of fused-ring (bicyclic) bond motifs is 1. The third kappa shape index (κ3) is 8.53. The maximum Gasteiger partial charge on any atom is 0.410 e. The lowest BCUT2D eigenvalue weighted by atomic mass is 9.85. The van der Waals surface area contributed by atoms with Crippen molar-refractivity contribution in [1.82, 2.24) is 25.4 Å². The minimum absolute atomic E-state index is 0.0179. The molecule has 268 valence electrons. The number of carbonyl (C=O) groups excluding carboxylic acids is 4. The second-order valence-corrected chi connectivity index (χ2v) is 16.3. The zero-order valence-corrected chi connectivity index (χ0v) is 31.0. The molecule has 3 heterocycles. The smallest absolute Gasteiger partial charge is 0.410 e. The molecule has 0 saturated carbocycles. The van der Waals surface area contributed by atoms with E-state index < -0.39 is 47.1 Å². The van der Waals surface area contributed by atoms with Crippen LogP contribution in [0.1, 0.15) is 93.7 Å². The van der Waals surface area contributed by atoms with E-state index in [0.717, 1.165) is 32.8 Å². The minimum Gasteiger partial charge on any atom is -0.444 e. The number of aromatic nitrogens is 1. The monoisotopic (exact) mass is 703 g/mol. The maximum atomic E-state index is 14.2. The van der Waals surface area contributed by atoms with Gasteiger partial charge in [-0.3, -0.25) is 14.4 Å². The lowest BCUT2D eigenvalue weighted by molar-refractivity contribution is -0.142.